The average molecular weight is 400 g/mol. The van der Waals surface area contributed by atoms with Gasteiger partial charge in [-0.15, -0.1) is 0 Å². The lowest BCUT2D eigenvalue weighted by atomic mass is 9.96. The molecule has 7 heteroatoms. The highest BCUT2D eigenvalue weighted by Gasteiger charge is 2.30. The Morgan fingerprint density at radius 2 is 2.14 bits per heavy atom. The van der Waals surface area contributed by atoms with Crippen LogP contribution >= 0.6 is 0 Å². The number of carbonyl (C=O) groups is 1. The largest absolute Gasteiger partial charge is 0.497 e. The van der Waals surface area contributed by atoms with E-state index in [1.54, 1.807) is 12.0 Å². The normalized spacial score (nSPS) is 18.1. The fourth-order valence-electron chi connectivity index (χ4n) is 3.74. The SMILES string of the molecule is CCN(C[C@H]1CCCN(CCc2cccc(OC)c2)C1)C(=O)CCC(F)(F)F. The molecule has 1 aromatic rings. The van der Waals surface area contributed by atoms with Gasteiger partial charge in [0, 0.05) is 32.6 Å². The Bertz CT molecular complexity index is 622. The van der Waals surface area contributed by atoms with Crippen molar-refractivity contribution in [3.05, 3.63) is 29.8 Å². The van der Waals surface area contributed by atoms with Crippen LogP contribution in [-0.2, 0) is 11.2 Å². The quantitative estimate of drug-likeness (QED) is 0.625. The van der Waals surface area contributed by atoms with E-state index in [9.17, 15) is 18.0 Å². The van der Waals surface area contributed by atoms with E-state index in [1.807, 2.05) is 25.1 Å². The molecule has 1 heterocycles. The fourth-order valence-corrected chi connectivity index (χ4v) is 3.74. The molecule has 0 N–H and O–H groups in total. The molecule has 0 bridgehead atoms. The minimum atomic E-state index is -4.28. The molecule has 0 unspecified atom stereocenters. The summed E-state index contributed by atoms with van der Waals surface area (Å²) < 4.78 is 42.4. The molecule has 4 nitrogen and oxygen atoms in total. The highest BCUT2D eigenvalue weighted by Crippen LogP contribution is 2.23. The molecule has 1 atom stereocenters. The van der Waals surface area contributed by atoms with Gasteiger partial charge in [-0.3, -0.25) is 4.79 Å². The van der Waals surface area contributed by atoms with Crippen molar-refractivity contribution in [1.82, 2.24) is 9.80 Å². The van der Waals surface area contributed by atoms with Crippen molar-refractivity contribution < 1.29 is 22.7 Å². The molecule has 0 spiro atoms. The second kappa shape index (κ2) is 10.7. The maximum absolute atomic E-state index is 12.4. The fraction of sp³-hybridized carbons (Fsp3) is 0.667. The summed E-state index contributed by atoms with van der Waals surface area (Å²) in [6, 6.07) is 8.04. The maximum Gasteiger partial charge on any atom is 0.389 e. The van der Waals surface area contributed by atoms with Gasteiger partial charge in [0.2, 0.25) is 5.91 Å². The molecule has 1 aliphatic heterocycles. The van der Waals surface area contributed by atoms with Crippen LogP contribution in [0, 0.1) is 5.92 Å². The molecule has 0 aromatic heterocycles. The molecule has 0 aliphatic carbocycles. The van der Waals surface area contributed by atoms with Gasteiger partial charge in [-0.25, -0.2) is 0 Å². The van der Waals surface area contributed by atoms with Crippen molar-refractivity contribution in [2.75, 3.05) is 39.8 Å². The Morgan fingerprint density at radius 3 is 2.82 bits per heavy atom. The van der Waals surface area contributed by atoms with E-state index < -0.39 is 24.9 Å². The molecule has 1 amide bonds. The Morgan fingerprint density at radius 1 is 1.36 bits per heavy atom. The first kappa shape index (κ1) is 22.5. The van der Waals surface area contributed by atoms with Gasteiger partial charge in [-0.05, 0) is 56.3 Å². The van der Waals surface area contributed by atoms with Gasteiger partial charge >= 0.3 is 6.18 Å². The van der Waals surface area contributed by atoms with Crippen LogP contribution in [0.25, 0.3) is 0 Å². The number of hydrogen-bond acceptors (Lipinski definition) is 3. The standard InChI is InChI=1S/C21H31F3N2O2/c1-3-26(20(27)9-11-21(22,23)24)16-18-7-5-12-25(15-18)13-10-17-6-4-8-19(14-17)28-2/h4,6,8,14,18H,3,5,7,9-13,15-16H2,1-2H3/t18-/m0/s1. The van der Waals surface area contributed by atoms with Gasteiger partial charge in [0.05, 0.1) is 13.5 Å². The van der Waals surface area contributed by atoms with Gasteiger partial charge < -0.3 is 14.5 Å². The van der Waals surface area contributed by atoms with Crippen LogP contribution in [0.1, 0.15) is 38.2 Å². The number of piperidine rings is 1. The first-order chi connectivity index (χ1) is 13.3. The first-order valence-corrected chi connectivity index (χ1v) is 10.0. The minimum absolute atomic E-state index is 0.314. The van der Waals surface area contributed by atoms with E-state index in [4.69, 9.17) is 4.74 Å². The number of likely N-dealkylation sites (tertiary alicyclic amines) is 1. The Balaban J connectivity index is 1.81. The molecule has 158 valence electrons. The summed E-state index contributed by atoms with van der Waals surface area (Å²) in [5.74, 6) is 0.771. The first-order valence-electron chi connectivity index (χ1n) is 10.0. The van der Waals surface area contributed by atoms with E-state index >= 15 is 0 Å². The number of halogens is 3. The molecule has 2 rings (SSSR count). The minimum Gasteiger partial charge on any atom is -0.497 e. The molecule has 0 radical (unpaired) electrons. The van der Waals surface area contributed by atoms with E-state index in [1.165, 1.54) is 5.56 Å². The highest BCUT2D eigenvalue weighted by molar-refractivity contribution is 5.76. The lowest BCUT2D eigenvalue weighted by Gasteiger charge is -2.35. The molecule has 28 heavy (non-hydrogen) atoms. The van der Waals surface area contributed by atoms with Crippen LogP contribution in [0.4, 0.5) is 13.2 Å². The number of rotatable bonds is 9. The monoisotopic (exact) mass is 400 g/mol. The van der Waals surface area contributed by atoms with E-state index in [0.717, 1.165) is 44.6 Å². The Kier molecular flexibility index (Phi) is 8.60. The number of alkyl halides is 3. The predicted octanol–water partition coefficient (Wildman–Crippen LogP) is 4.14. The molecule has 1 fully saturated rings. The summed E-state index contributed by atoms with van der Waals surface area (Å²) in [6.07, 6.45) is -2.79. The van der Waals surface area contributed by atoms with E-state index in [0.29, 0.717) is 19.0 Å². The maximum atomic E-state index is 12.4. The average Bonchev–Trinajstić information content (AvgIpc) is 2.68. The number of carbonyl (C=O) groups excluding carboxylic acids is 1. The Labute approximate surface area is 165 Å². The van der Waals surface area contributed by atoms with Gasteiger partial charge in [-0.1, -0.05) is 12.1 Å². The molecular weight excluding hydrogens is 369 g/mol. The van der Waals surface area contributed by atoms with Crippen molar-refractivity contribution in [1.29, 1.82) is 0 Å². The van der Waals surface area contributed by atoms with Gasteiger partial charge in [0.25, 0.3) is 0 Å². The van der Waals surface area contributed by atoms with Crippen molar-refractivity contribution in [3.63, 3.8) is 0 Å². The van der Waals surface area contributed by atoms with Crippen LogP contribution in [0.2, 0.25) is 0 Å². The highest BCUT2D eigenvalue weighted by atomic mass is 19.4. The van der Waals surface area contributed by atoms with Crippen LogP contribution < -0.4 is 4.74 Å². The van der Waals surface area contributed by atoms with Crippen LogP contribution in [0.3, 0.4) is 0 Å². The second-order valence-corrected chi connectivity index (χ2v) is 7.46. The van der Waals surface area contributed by atoms with Gasteiger partial charge in [0.15, 0.2) is 0 Å². The van der Waals surface area contributed by atoms with Crippen LogP contribution in [-0.4, -0.2) is 61.7 Å². The van der Waals surface area contributed by atoms with Crippen molar-refractivity contribution in [2.45, 2.75) is 45.2 Å². The number of nitrogens with zero attached hydrogens (tertiary/aromatic N) is 2. The number of amides is 1. The second-order valence-electron chi connectivity index (χ2n) is 7.46. The molecule has 0 saturated carbocycles. The van der Waals surface area contributed by atoms with E-state index in [-0.39, 0.29) is 0 Å². The predicted molar refractivity (Wildman–Crippen MR) is 103 cm³/mol. The number of ether oxygens (including phenoxy) is 1. The summed E-state index contributed by atoms with van der Waals surface area (Å²) >= 11 is 0. The number of benzene rings is 1. The number of methoxy groups -OCH3 is 1. The zero-order valence-electron chi connectivity index (χ0n) is 16.8. The Hall–Kier alpha value is -1.76. The molecule has 1 aliphatic rings. The summed E-state index contributed by atoms with van der Waals surface area (Å²) in [6.45, 7) is 5.66. The van der Waals surface area contributed by atoms with Gasteiger partial charge in [-0.2, -0.15) is 13.2 Å². The van der Waals surface area contributed by atoms with Gasteiger partial charge in [0.1, 0.15) is 5.75 Å². The summed E-state index contributed by atoms with van der Waals surface area (Å²) in [5, 5.41) is 0. The summed E-state index contributed by atoms with van der Waals surface area (Å²) in [7, 11) is 1.66. The molecule has 1 saturated heterocycles. The molecular formula is C21H31F3N2O2. The summed E-state index contributed by atoms with van der Waals surface area (Å²) in [5.41, 5.74) is 1.22. The lowest BCUT2D eigenvalue weighted by molar-refractivity contribution is -0.149. The summed E-state index contributed by atoms with van der Waals surface area (Å²) in [4.78, 5) is 16.1. The molecule has 1 aromatic carbocycles. The number of hydrogen-bond donors (Lipinski definition) is 0. The van der Waals surface area contributed by atoms with E-state index in [2.05, 4.69) is 11.0 Å². The zero-order chi connectivity index (χ0) is 20.6. The third kappa shape index (κ3) is 7.70. The van der Waals surface area contributed by atoms with Crippen LogP contribution in [0.5, 0.6) is 5.75 Å². The van der Waals surface area contributed by atoms with Crippen LogP contribution in [0.15, 0.2) is 24.3 Å². The lowest BCUT2D eigenvalue weighted by Crippen LogP contribution is -2.43. The third-order valence-electron chi connectivity index (χ3n) is 5.29. The van der Waals surface area contributed by atoms with Crippen molar-refractivity contribution >= 4 is 5.91 Å². The smallest absolute Gasteiger partial charge is 0.389 e. The van der Waals surface area contributed by atoms with Crippen molar-refractivity contribution in [3.8, 4) is 5.75 Å². The van der Waals surface area contributed by atoms with Crippen molar-refractivity contribution in [2.24, 2.45) is 5.92 Å². The zero-order valence-corrected chi connectivity index (χ0v) is 16.8. The topological polar surface area (TPSA) is 32.8 Å². The third-order valence-corrected chi connectivity index (χ3v) is 5.29.